The van der Waals surface area contributed by atoms with Crippen LogP contribution in [0.2, 0.25) is 0 Å². The van der Waals surface area contributed by atoms with Crippen LogP contribution in [0.15, 0.2) is 6.07 Å². The molecule has 0 atom stereocenters. The minimum atomic E-state index is -2.33. The van der Waals surface area contributed by atoms with Gasteiger partial charge in [-0.1, -0.05) is 6.07 Å². The van der Waals surface area contributed by atoms with Gasteiger partial charge in [-0.2, -0.15) is 0 Å². The molecular weight excluding hydrogens is 370 g/mol. The summed E-state index contributed by atoms with van der Waals surface area (Å²) in [5, 5.41) is 16.7. The third kappa shape index (κ3) is 6.95. The molecule has 0 radical (unpaired) electrons. The van der Waals surface area contributed by atoms with E-state index < -0.39 is 11.8 Å². The molecule has 0 spiro atoms. The largest absolute Gasteiger partial charge is 1.00 e. The van der Waals surface area contributed by atoms with Crippen molar-refractivity contribution in [2.75, 3.05) is 13.9 Å². The summed E-state index contributed by atoms with van der Waals surface area (Å²) in [7, 11) is 1.56. The number of benzene rings is 1. The van der Waals surface area contributed by atoms with E-state index in [0.29, 0.717) is 17.1 Å². The van der Waals surface area contributed by atoms with Crippen molar-refractivity contribution in [3.05, 3.63) is 22.8 Å². The molecule has 0 fully saturated rings. The Labute approximate surface area is 226 Å². The van der Waals surface area contributed by atoms with Gasteiger partial charge in [0, 0.05) is 7.11 Å². The van der Waals surface area contributed by atoms with E-state index in [0.717, 1.165) is 11.1 Å². The van der Waals surface area contributed by atoms with Crippen LogP contribution in [-0.4, -0.2) is 31.4 Å². The second-order valence-electron chi connectivity index (χ2n) is 5.29. The van der Waals surface area contributed by atoms with Crippen molar-refractivity contribution in [1.82, 2.24) is 0 Å². The van der Waals surface area contributed by atoms with Gasteiger partial charge in [0.15, 0.2) is 23.9 Å². The molecule has 1 aliphatic rings. The van der Waals surface area contributed by atoms with Crippen molar-refractivity contribution >= 4 is 11.9 Å². The van der Waals surface area contributed by atoms with Crippen LogP contribution in [0.5, 0.6) is 11.5 Å². The average Bonchev–Trinajstić information content (AvgIpc) is 2.60. The first kappa shape index (κ1) is 27.2. The normalized spacial score (nSPS) is 13.3. The van der Waals surface area contributed by atoms with Gasteiger partial charge in [-0.25, -0.2) is 0 Å². The van der Waals surface area contributed by atoms with E-state index in [4.69, 9.17) is 29.2 Å². The summed E-state index contributed by atoms with van der Waals surface area (Å²) in [6.45, 7) is 7.51. The quantitative estimate of drug-likeness (QED) is 0.375. The van der Waals surface area contributed by atoms with Crippen LogP contribution in [0.25, 0.3) is 0 Å². The smallest absolute Gasteiger partial charge is 0.652 e. The van der Waals surface area contributed by atoms with Crippen molar-refractivity contribution in [3.8, 4) is 11.5 Å². The van der Waals surface area contributed by atoms with E-state index in [2.05, 4.69) is 0 Å². The molecule has 9 heteroatoms. The van der Waals surface area contributed by atoms with Crippen LogP contribution in [0.3, 0.4) is 0 Å². The summed E-state index contributed by atoms with van der Waals surface area (Å²) in [6.07, 6.45) is -2.33. The summed E-state index contributed by atoms with van der Waals surface area (Å²) in [4.78, 5) is 20.6. The van der Waals surface area contributed by atoms with Crippen molar-refractivity contribution in [2.24, 2.45) is 0 Å². The summed E-state index contributed by atoms with van der Waals surface area (Å²) in [5.74, 6) is 1.13. The zero-order valence-corrected chi connectivity index (χ0v) is 21.4. The number of Topliss-reactive ketones (excluding diaryl/α,β-unsaturated/α-hetero) is 1. The molecule has 0 amide bonds. The summed E-state index contributed by atoms with van der Waals surface area (Å²) in [5.41, 5.74) is 1.65. The first-order valence-electron chi connectivity index (χ1n) is 6.49. The second-order valence-corrected chi connectivity index (χ2v) is 5.29. The predicted octanol–water partition coefficient (Wildman–Crippen LogP) is -5.80. The molecule has 24 heavy (non-hydrogen) atoms. The number of aryl methyl sites for hydroxylation is 2. The Morgan fingerprint density at radius 1 is 1.21 bits per heavy atom. The molecule has 7 nitrogen and oxygen atoms in total. The minimum Gasteiger partial charge on any atom is -0.652 e. The third-order valence-electron chi connectivity index (χ3n) is 3.07. The Kier molecular flexibility index (Phi) is 13.2. The van der Waals surface area contributed by atoms with Crippen molar-refractivity contribution < 1.29 is 137 Å². The van der Waals surface area contributed by atoms with Crippen LogP contribution >= 0.6 is 0 Å². The Morgan fingerprint density at radius 2 is 1.71 bits per heavy atom. The van der Waals surface area contributed by atoms with Gasteiger partial charge in [-0.3, -0.25) is 4.79 Å². The van der Waals surface area contributed by atoms with Gasteiger partial charge in [0.1, 0.15) is 0 Å². The van der Waals surface area contributed by atoms with E-state index >= 15 is 0 Å². The molecule has 122 valence electrons. The molecule has 0 bridgehead atoms. The van der Waals surface area contributed by atoms with Crippen molar-refractivity contribution in [3.63, 3.8) is 0 Å². The first-order chi connectivity index (χ1) is 10.1. The van der Waals surface area contributed by atoms with Gasteiger partial charge in [-0.05, 0) is 45.0 Å². The maximum absolute atomic E-state index is 12.3. The molecule has 1 heterocycles. The topological polar surface area (TPSA) is 108 Å². The number of fused-ring (bicyclic) bond motifs is 1. The van der Waals surface area contributed by atoms with E-state index in [9.17, 15) is 4.79 Å². The van der Waals surface area contributed by atoms with Gasteiger partial charge >= 0.3 is 103 Å². The maximum atomic E-state index is 12.3. The van der Waals surface area contributed by atoms with E-state index in [1.54, 1.807) is 21.0 Å². The number of carbonyl (C=O) groups excluding carboxylic acids is 2. The minimum absolute atomic E-state index is 0. The van der Waals surface area contributed by atoms with Gasteiger partial charge in [0.2, 0.25) is 5.78 Å². The van der Waals surface area contributed by atoms with Crippen LogP contribution < -0.4 is 122 Å². The zero-order valence-electron chi connectivity index (χ0n) is 15.1. The maximum Gasteiger partial charge on any atom is 1.00 e. The number of ketones is 1. The van der Waals surface area contributed by atoms with Crippen molar-refractivity contribution in [1.29, 1.82) is 0 Å². The fourth-order valence-corrected chi connectivity index (χ4v) is 2.21. The predicted molar refractivity (Wildman–Crippen MR) is 72.9 cm³/mol. The number of rotatable bonds is 3. The van der Waals surface area contributed by atoms with Gasteiger partial charge < -0.3 is 29.2 Å². The monoisotopic (exact) mass is 388 g/mol. The Hall–Kier alpha value is 0.993. The third-order valence-corrected chi connectivity index (χ3v) is 3.07. The number of methoxy groups -OCH3 is 1. The SMILES string of the molecule is COCOc1c(C)cc(C)c2c1OC(C)(C)C2=O.O=C([O-])[O-].[K+].[K+]. The van der Waals surface area contributed by atoms with Gasteiger partial charge in [0.25, 0.3) is 0 Å². The Bertz CT molecular complexity index is 596. The average molecular weight is 388 g/mol. The molecule has 0 aromatic heterocycles. The molecule has 0 unspecified atom stereocenters. The Balaban J connectivity index is 0. The fraction of sp³-hybridized carbons (Fsp3) is 0.467. The van der Waals surface area contributed by atoms with Gasteiger partial charge in [-0.15, -0.1) is 0 Å². The molecule has 0 N–H and O–H groups in total. The first-order valence-corrected chi connectivity index (χ1v) is 6.49. The van der Waals surface area contributed by atoms with E-state index in [-0.39, 0.29) is 115 Å². The summed E-state index contributed by atoms with van der Waals surface area (Å²) >= 11 is 0. The zero-order chi connectivity index (χ0) is 17.1. The van der Waals surface area contributed by atoms with Crippen LogP contribution in [-0.2, 0) is 4.74 Å². The summed E-state index contributed by atoms with van der Waals surface area (Å²) in [6, 6.07) is 1.94. The molecule has 1 aromatic rings. The van der Waals surface area contributed by atoms with Crippen LogP contribution in [0.1, 0.15) is 35.3 Å². The Morgan fingerprint density at radius 3 is 2.17 bits per heavy atom. The molecular formula is C15H18K2O7. The van der Waals surface area contributed by atoms with E-state index in [1.165, 1.54) is 0 Å². The second kappa shape index (κ2) is 11.7. The number of carboxylic acid groups (broad SMARTS) is 2. The van der Waals surface area contributed by atoms with Crippen molar-refractivity contribution in [2.45, 2.75) is 33.3 Å². The number of hydrogen-bond donors (Lipinski definition) is 0. The molecule has 0 aliphatic carbocycles. The fourth-order valence-electron chi connectivity index (χ4n) is 2.21. The molecule has 1 aliphatic heterocycles. The number of carbonyl (C=O) groups is 2. The molecule has 1 aromatic carbocycles. The molecule has 2 rings (SSSR count). The number of ether oxygens (including phenoxy) is 3. The van der Waals surface area contributed by atoms with Crippen LogP contribution in [0, 0.1) is 13.8 Å². The molecule has 0 saturated heterocycles. The summed E-state index contributed by atoms with van der Waals surface area (Å²) < 4.78 is 16.2. The number of hydrogen-bond acceptors (Lipinski definition) is 7. The molecule has 0 saturated carbocycles. The van der Waals surface area contributed by atoms with Gasteiger partial charge in [0.05, 0.1) is 5.56 Å². The van der Waals surface area contributed by atoms with Crippen LogP contribution in [0.4, 0.5) is 4.79 Å². The van der Waals surface area contributed by atoms with E-state index in [1.807, 2.05) is 19.9 Å². The standard InChI is InChI=1S/C14H18O4.CH2O3.2K/c1-8-6-9(2)11(17-7-16-5)12-10(8)13(15)14(3,4)18-12;2-1(3)4;;/h6H,7H2,1-5H3;(H2,2,3,4);;/q;;2*+1/p-2.